The Balaban J connectivity index is 2.94. The minimum Gasteiger partial charge on any atom is -0.495 e. The van der Waals surface area contributed by atoms with Crippen LogP contribution in [0.25, 0.3) is 11.0 Å². The number of benzene rings is 1. The van der Waals surface area contributed by atoms with E-state index in [0.29, 0.717) is 22.6 Å². The van der Waals surface area contributed by atoms with Crippen LogP contribution in [-0.4, -0.2) is 7.11 Å². The Kier molecular flexibility index (Phi) is 2.11. The fourth-order valence-corrected chi connectivity index (χ4v) is 1.55. The average molecular weight is 205 g/mol. The quantitative estimate of drug-likeness (QED) is 0.568. The Bertz CT molecular complexity index is 572. The molecule has 0 bridgehead atoms. The molecule has 4 heteroatoms. The van der Waals surface area contributed by atoms with E-state index in [9.17, 15) is 4.79 Å². The topological polar surface area (TPSA) is 65.5 Å². The number of hydrogen-bond donors (Lipinski definition) is 1. The second kappa shape index (κ2) is 3.31. The molecule has 2 N–H and O–H groups in total. The van der Waals surface area contributed by atoms with Gasteiger partial charge in [-0.2, -0.15) is 0 Å². The third-order valence-electron chi connectivity index (χ3n) is 2.30. The van der Waals surface area contributed by atoms with Crippen molar-refractivity contribution in [2.24, 2.45) is 0 Å². The number of hydrogen-bond acceptors (Lipinski definition) is 4. The van der Waals surface area contributed by atoms with Gasteiger partial charge in [0, 0.05) is 11.8 Å². The molecule has 0 aliphatic rings. The van der Waals surface area contributed by atoms with Crippen molar-refractivity contribution in [1.82, 2.24) is 0 Å². The lowest BCUT2D eigenvalue weighted by Crippen LogP contribution is -2.05. The molecular formula is C11H11NO3. The number of fused-ring (bicyclic) bond motifs is 1. The SMILES string of the molecule is COc1c(C)c(=O)oc2cc(N)ccc12. The standard InChI is InChI=1S/C11H11NO3/c1-6-10(14-2)8-4-3-7(12)5-9(8)15-11(6)13/h3-5H,12H2,1-2H3. The highest BCUT2D eigenvalue weighted by Crippen LogP contribution is 2.27. The molecule has 0 atom stereocenters. The summed E-state index contributed by atoms with van der Waals surface area (Å²) in [5.41, 5.74) is 6.67. The van der Waals surface area contributed by atoms with Crippen molar-refractivity contribution >= 4 is 16.7 Å². The Morgan fingerprint density at radius 3 is 2.80 bits per heavy atom. The van der Waals surface area contributed by atoms with Crippen LogP contribution in [0, 0.1) is 6.92 Å². The third-order valence-corrected chi connectivity index (χ3v) is 2.30. The number of nitrogens with two attached hydrogens (primary N) is 1. The van der Waals surface area contributed by atoms with Gasteiger partial charge in [0.2, 0.25) is 0 Å². The first-order chi connectivity index (χ1) is 7.13. The van der Waals surface area contributed by atoms with Crippen LogP contribution in [0.5, 0.6) is 5.75 Å². The lowest BCUT2D eigenvalue weighted by Gasteiger charge is -2.07. The molecule has 0 fully saturated rings. The van der Waals surface area contributed by atoms with E-state index in [4.69, 9.17) is 14.9 Å². The Hall–Kier alpha value is -1.97. The maximum Gasteiger partial charge on any atom is 0.342 e. The minimum absolute atomic E-state index is 0.398. The molecule has 0 unspecified atom stereocenters. The maximum absolute atomic E-state index is 11.4. The average Bonchev–Trinajstić information content (AvgIpc) is 2.20. The van der Waals surface area contributed by atoms with E-state index in [1.807, 2.05) is 0 Å². The van der Waals surface area contributed by atoms with Crippen LogP contribution in [0.4, 0.5) is 5.69 Å². The highest BCUT2D eigenvalue weighted by atomic mass is 16.5. The van der Waals surface area contributed by atoms with Crippen molar-refractivity contribution < 1.29 is 9.15 Å². The molecule has 15 heavy (non-hydrogen) atoms. The van der Waals surface area contributed by atoms with Crippen molar-refractivity contribution in [3.05, 3.63) is 34.2 Å². The number of anilines is 1. The summed E-state index contributed by atoms with van der Waals surface area (Å²) in [5, 5.41) is 0.754. The summed E-state index contributed by atoms with van der Waals surface area (Å²) in [6.45, 7) is 1.67. The monoisotopic (exact) mass is 205 g/mol. The van der Waals surface area contributed by atoms with Gasteiger partial charge >= 0.3 is 5.63 Å². The van der Waals surface area contributed by atoms with Crippen molar-refractivity contribution in [2.45, 2.75) is 6.92 Å². The minimum atomic E-state index is -0.398. The van der Waals surface area contributed by atoms with Crippen LogP contribution in [0.3, 0.4) is 0 Å². The van der Waals surface area contributed by atoms with E-state index in [-0.39, 0.29) is 0 Å². The van der Waals surface area contributed by atoms with Crippen molar-refractivity contribution in [1.29, 1.82) is 0 Å². The van der Waals surface area contributed by atoms with Gasteiger partial charge < -0.3 is 14.9 Å². The number of rotatable bonds is 1. The summed E-state index contributed by atoms with van der Waals surface area (Å²) in [4.78, 5) is 11.4. The van der Waals surface area contributed by atoms with Gasteiger partial charge in [0.05, 0.1) is 18.1 Å². The molecule has 1 aromatic carbocycles. The van der Waals surface area contributed by atoms with Gasteiger partial charge in [-0.25, -0.2) is 4.79 Å². The fourth-order valence-electron chi connectivity index (χ4n) is 1.55. The van der Waals surface area contributed by atoms with Gasteiger partial charge in [-0.1, -0.05) is 0 Å². The van der Waals surface area contributed by atoms with Crippen LogP contribution in [0.15, 0.2) is 27.4 Å². The summed E-state index contributed by atoms with van der Waals surface area (Å²) in [7, 11) is 1.53. The van der Waals surface area contributed by atoms with Gasteiger partial charge in [-0.05, 0) is 19.1 Å². The molecule has 4 nitrogen and oxygen atoms in total. The lowest BCUT2D eigenvalue weighted by atomic mass is 10.1. The molecule has 0 saturated heterocycles. The number of methoxy groups -OCH3 is 1. The van der Waals surface area contributed by atoms with Gasteiger partial charge in [0.1, 0.15) is 11.3 Å². The molecule has 1 heterocycles. The second-order valence-corrected chi connectivity index (χ2v) is 3.30. The molecule has 0 saturated carbocycles. The van der Waals surface area contributed by atoms with Crippen molar-refractivity contribution in [2.75, 3.05) is 12.8 Å². The van der Waals surface area contributed by atoms with E-state index in [1.165, 1.54) is 7.11 Å². The molecular weight excluding hydrogens is 194 g/mol. The fraction of sp³-hybridized carbons (Fsp3) is 0.182. The van der Waals surface area contributed by atoms with Crippen LogP contribution >= 0.6 is 0 Å². The number of nitrogen functional groups attached to an aromatic ring is 1. The first-order valence-corrected chi connectivity index (χ1v) is 4.50. The normalized spacial score (nSPS) is 10.5. The summed E-state index contributed by atoms with van der Waals surface area (Å²) >= 11 is 0. The zero-order chi connectivity index (χ0) is 11.0. The Morgan fingerprint density at radius 2 is 2.13 bits per heavy atom. The summed E-state index contributed by atoms with van der Waals surface area (Å²) < 4.78 is 10.3. The van der Waals surface area contributed by atoms with Gasteiger partial charge in [0.15, 0.2) is 0 Å². The molecule has 0 amide bonds. The second-order valence-electron chi connectivity index (χ2n) is 3.30. The summed E-state index contributed by atoms with van der Waals surface area (Å²) in [6, 6.07) is 5.13. The van der Waals surface area contributed by atoms with Gasteiger partial charge in [-0.15, -0.1) is 0 Å². The van der Waals surface area contributed by atoms with E-state index in [0.717, 1.165) is 5.39 Å². The van der Waals surface area contributed by atoms with E-state index in [2.05, 4.69) is 0 Å². The zero-order valence-electron chi connectivity index (χ0n) is 8.53. The van der Waals surface area contributed by atoms with Crippen molar-refractivity contribution in [3.8, 4) is 5.75 Å². The molecule has 0 radical (unpaired) electrons. The predicted molar refractivity (Wildman–Crippen MR) is 58.2 cm³/mol. The molecule has 78 valence electrons. The highest BCUT2D eigenvalue weighted by molar-refractivity contribution is 5.86. The van der Waals surface area contributed by atoms with Crippen LogP contribution in [0.2, 0.25) is 0 Å². The molecule has 0 spiro atoms. The Labute approximate surface area is 86.3 Å². The van der Waals surface area contributed by atoms with Gasteiger partial charge in [0.25, 0.3) is 0 Å². The Morgan fingerprint density at radius 1 is 1.40 bits per heavy atom. The molecule has 1 aromatic heterocycles. The smallest absolute Gasteiger partial charge is 0.342 e. The number of ether oxygens (including phenoxy) is 1. The van der Waals surface area contributed by atoms with E-state index < -0.39 is 5.63 Å². The van der Waals surface area contributed by atoms with E-state index >= 15 is 0 Å². The molecule has 2 aromatic rings. The van der Waals surface area contributed by atoms with Crippen LogP contribution in [-0.2, 0) is 0 Å². The molecule has 2 rings (SSSR count). The first kappa shape index (κ1) is 9.58. The van der Waals surface area contributed by atoms with Crippen molar-refractivity contribution in [3.63, 3.8) is 0 Å². The van der Waals surface area contributed by atoms with Crippen LogP contribution < -0.4 is 16.1 Å². The third kappa shape index (κ3) is 1.44. The first-order valence-electron chi connectivity index (χ1n) is 4.50. The summed E-state index contributed by atoms with van der Waals surface area (Å²) in [6.07, 6.45) is 0. The lowest BCUT2D eigenvalue weighted by molar-refractivity contribution is 0.409. The largest absolute Gasteiger partial charge is 0.495 e. The maximum atomic E-state index is 11.4. The summed E-state index contributed by atoms with van der Waals surface area (Å²) in [5.74, 6) is 0.543. The molecule has 0 aliphatic heterocycles. The van der Waals surface area contributed by atoms with Gasteiger partial charge in [-0.3, -0.25) is 0 Å². The highest BCUT2D eigenvalue weighted by Gasteiger charge is 2.11. The predicted octanol–water partition coefficient (Wildman–Crippen LogP) is 1.69. The van der Waals surface area contributed by atoms with Crippen LogP contribution in [0.1, 0.15) is 5.56 Å². The van der Waals surface area contributed by atoms with E-state index in [1.54, 1.807) is 25.1 Å². The zero-order valence-corrected chi connectivity index (χ0v) is 8.53. The molecule has 0 aliphatic carbocycles.